The Labute approximate surface area is 188 Å². The fourth-order valence-corrected chi connectivity index (χ4v) is 3.67. The standard InChI is InChI=1S/C25H28N4OS/c1-5-6-8-21-18(4)27-25(22-9-7-14-31-22)29-24(21)28-20-12-10-19(11-13-20)15-23(30)26-16-17(2)3/h7,9-14,17H,8,15-16H2,1-4H3,(H,26,30)(H,27,28,29). The third-order valence-corrected chi connectivity index (χ3v) is 5.55. The number of amides is 1. The minimum Gasteiger partial charge on any atom is -0.356 e. The monoisotopic (exact) mass is 432 g/mol. The van der Waals surface area contributed by atoms with Crippen LogP contribution in [-0.4, -0.2) is 22.4 Å². The lowest BCUT2D eigenvalue weighted by atomic mass is 10.1. The molecule has 0 aliphatic heterocycles. The molecule has 2 N–H and O–H groups in total. The average Bonchev–Trinajstić information content (AvgIpc) is 3.28. The molecular weight excluding hydrogens is 404 g/mol. The minimum absolute atomic E-state index is 0.0434. The molecule has 1 amide bonds. The summed E-state index contributed by atoms with van der Waals surface area (Å²) in [6, 6.07) is 11.9. The quantitative estimate of drug-likeness (QED) is 0.484. The number of hydrogen-bond acceptors (Lipinski definition) is 5. The van der Waals surface area contributed by atoms with Crippen LogP contribution < -0.4 is 10.6 Å². The molecule has 5 nitrogen and oxygen atoms in total. The smallest absolute Gasteiger partial charge is 0.224 e. The number of hydrogen-bond donors (Lipinski definition) is 2. The largest absolute Gasteiger partial charge is 0.356 e. The van der Waals surface area contributed by atoms with Crippen molar-refractivity contribution in [1.82, 2.24) is 15.3 Å². The Bertz CT molecular complexity index is 1080. The van der Waals surface area contributed by atoms with Crippen molar-refractivity contribution < 1.29 is 4.79 Å². The van der Waals surface area contributed by atoms with Gasteiger partial charge in [-0.15, -0.1) is 17.3 Å². The molecule has 3 aromatic rings. The predicted molar refractivity (Wildman–Crippen MR) is 129 cm³/mol. The molecule has 0 saturated heterocycles. The maximum Gasteiger partial charge on any atom is 0.224 e. The van der Waals surface area contributed by atoms with Crippen LogP contribution in [0.4, 0.5) is 11.5 Å². The van der Waals surface area contributed by atoms with Crippen molar-refractivity contribution in [3.63, 3.8) is 0 Å². The van der Waals surface area contributed by atoms with Gasteiger partial charge in [0.2, 0.25) is 5.91 Å². The van der Waals surface area contributed by atoms with Crippen LogP contribution in [0.2, 0.25) is 0 Å². The van der Waals surface area contributed by atoms with Crippen molar-refractivity contribution in [2.75, 3.05) is 11.9 Å². The number of carbonyl (C=O) groups is 1. The Kier molecular flexibility index (Phi) is 7.80. The van der Waals surface area contributed by atoms with E-state index in [4.69, 9.17) is 9.97 Å². The number of anilines is 2. The molecule has 2 heterocycles. The van der Waals surface area contributed by atoms with Crippen LogP contribution in [-0.2, 0) is 17.6 Å². The zero-order valence-electron chi connectivity index (χ0n) is 18.5. The van der Waals surface area contributed by atoms with Gasteiger partial charge in [-0.3, -0.25) is 4.79 Å². The van der Waals surface area contributed by atoms with Crippen LogP contribution in [0.3, 0.4) is 0 Å². The molecule has 31 heavy (non-hydrogen) atoms. The Morgan fingerprint density at radius 1 is 1.16 bits per heavy atom. The van der Waals surface area contributed by atoms with Gasteiger partial charge in [0.15, 0.2) is 5.82 Å². The van der Waals surface area contributed by atoms with Gasteiger partial charge in [0.25, 0.3) is 0 Å². The van der Waals surface area contributed by atoms with Gasteiger partial charge < -0.3 is 10.6 Å². The molecule has 6 heteroatoms. The zero-order chi connectivity index (χ0) is 22.2. The van der Waals surface area contributed by atoms with E-state index in [-0.39, 0.29) is 5.91 Å². The van der Waals surface area contributed by atoms with Crippen LogP contribution in [0.5, 0.6) is 0 Å². The minimum atomic E-state index is 0.0434. The lowest BCUT2D eigenvalue weighted by Gasteiger charge is -2.14. The highest BCUT2D eigenvalue weighted by Crippen LogP contribution is 2.28. The van der Waals surface area contributed by atoms with Crippen molar-refractivity contribution in [2.24, 2.45) is 5.92 Å². The maximum atomic E-state index is 12.1. The number of thiophene rings is 1. The summed E-state index contributed by atoms with van der Waals surface area (Å²) in [7, 11) is 0. The van der Waals surface area contributed by atoms with Crippen molar-refractivity contribution in [3.05, 3.63) is 58.6 Å². The van der Waals surface area contributed by atoms with Crippen LogP contribution >= 0.6 is 11.3 Å². The molecular formula is C25H28N4OS. The normalized spacial score (nSPS) is 10.5. The second-order valence-corrected chi connectivity index (χ2v) is 8.68. The van der Waals surface area contributed by atoms with E-state index in [0.29, 0.717) is 31.1 Å². The van der Waals surface area contributed by atoms with Crippen molar-refractivity contribution in [1.29, 1.82) is 0 Å². The van der Waals surface area contributed by atoms with Crippen molar-refractivity contribution in [3.8, 4) is 22.5 Å². The van der Waals surface area contributed by atoms with Gasteiger partial charge in [0, 0.05) is 29.9 Å². The summed E-state index contributed by atoms with van der Waals surface area (Å²) in [5, 5.41) is 8.41. The molecule has 0 aliphatic rings. The number of rotatable bonds is 8. The second-order valence-electron chi connectivity index (χ2n) is 7.74. The van der Waals surface area contributed by atoms with Gasteiger partial charge in [-0.25, -0.2) is 9.97 Å². The maximum absolute atomic E-state index is 12.1. The summed E-state index contributed by atoms with van der Waals surface area (Å²) in [5.41, 5.74) is 3.79. The fourth-order valence-electron chi connectivity index (χ4n) is 3.01. The highest BCUT2D eigenvalue weighted by atomic mass is 32.1. The first-order chi connectivity index (χ1) is 15.0. The Hall–Kier alpha value is -3.17. The van der Waals surface area contributed by atoms with Crippen LogP contribution in [0, 0.1) is 24.7 Å². The van der Waals surface area contributed by atoms with E-state index in [9.17, 15) is 4.79 Å². The molecule has 0 atom stereocenters. The third-order valence-electron chi connectivity index (χ3n) is 4.69. The SMILES string of the molecule is CC#CCc1c(C)nc(-c2cccs2)nc1Nc1ccc(CC(=O)NCC(C)C)cc1. The molecule has 0 fully saturated rings. The van der Waals surface area contributed by atoms with E-state index in [0.717, 1.165) is 33.2 Å². The van der Waals surface area contributed by atoms with Gasteiger partial charge >= 0.3 is 0 Å². The number of nitrogens with zero attached hydrogens (tertiary/aromatic N) is 2. The lowest BCUT2D eigenvalue weighted by molar-refractivity contribution is -0.120. The van der Waals surface area contributed by atoms with E-state index in [1.165, 1.54) is 0 Å². The van der Waals surface area contributed by atoms with Crippen molar-refractivity contribution >= 4 is 28.7 Å². The topological polar surface area (TPSA) is 66.9 Å². The Morgan fingerprint density at radius 3 is 2.58 bits per heavy atom. The molecule has 3 rings (SSSR count). The van der Waals surface area contributed by atoms with Crippen molar-refractivity contribution in [2.45, 2.75) is 40.5 Å². The molecule has 0 bridgehead atoms. The van der Waals surface area contributed by atoms with E-state index in [2.05, 4.69) is 36.3 Å². The molecule has 1 aromatic carbocycles. The first-order valence-electron chi connectivity index (χ1n) is 10.4. The summed E-state index contributed by atoms with van der Waals surface area (Å²) in [5.74, 6) is 8.04. The van der Waals surface area contributed by atoms with Gasteiger partial charge in [-0.2, -0.15) is 0 Å². The highest BCUT2D eigenvalue weighted by Gasteiger charge is 2.13. The molecule has 2 aromatic heterocycles. The molecule has 160 valence electrons. The summed E-state index contributed by atoms with van der Waals surface area (Å²) in [6.45, 7) is 8.69. The van der Waals surface area contributed by atoms with Gasteiger partial charge in [0.1, 0.15) is 5.82 Å². The van der Waals surface area contributed by atoms with E-state index in [1.807, 2.05) is 55.6 Å². The predicted octanol–water partition coefficient (Wildman–Crippen LogP) is 5.14. The molecule has 0 radical (unpaired) electrons. The lowest BCUT2D eigenvalue weighted by Crippen LogP contribution is -2.28. The van der Waals surface area contributed by atoms with Gasteiger partial charge in [-0.1, -0.05) is 38.0 Å². The first kappa shape index (κ1) is 22.5. The highest BCUT2D eigenvalue weighted by molar-refractivity contribution is 7.13. The number of carbonyl (C=O) groups excluding carboxylic acids is 1. The van der Waals surface area contributed by atoms with Crippen LogP contribution in [0.25, 0.3) is 10.7 Å². The molecule has 0 saturated carbocycles. The first-order valence-corrected chi connectivity index (χ1v) is 11.3. The zero-order valence-corrected chi connectivity index (χ0v) is 19.3. The molecule has 0 unspecified atom stereocenters. The van der Waals surface area contributed by atoms with Crippen LogP contribution in [0.15, 0.2) is 41.8 Å². The molecule has 0 aliphatic carbocycles. The third kappa shape index (κ3) is 6.40. The summed E-state index contributed by atoms with van der Waals surface area (Å²) in [4.78, 5) is 22.6. The second kappa shape index (κ2) is 10.7. The number of benzene rings is 1. The number of aryl methyl sites for hydroxylation is 1. The summed E-state index contributed by atoms with van der Waals surface area (Å²) >= 11 is 1.62. The average molecular weight is 433 g/mol. The fraction of sp³-hybridized carbons (Fsp3) is 0.320. The number of aromatic nitrogens is 2. The van der Waals surface area contributed by atoms with Crippen LogP contribution in [0.1, 0.15) is 37.6 Å². The van der Waals surface area contributed by atoms with E-state index in [1.54, 1.807) is 11.3 Å². The summed E-state index contributed by atoms with van der Waals surface area (Å²) < 4.78 is 0. The summed E-state index contributed by atoms with van der Waals surface area (Å²) in [6.07, 6.45) is 0.961. The van der Waals surface area contributed by atoms with E-state index >= 15 is 0 Å². The Morgan fingerprint density at radius 2 is 1.94 bits per heavy atom. The van der Waals surface area contributed by atoms with E-state index < -0.39 is 0 Å². The number of nitrogens with one attached hydrogen (secondary N) is 2. The molecule has 0 spiro atoms. The van der Waals surface area contributed by atoms with Gasteiger partial charge in [-0.05, 0) is 48.9 Å². The Balaban J connectivity index is 1.80. The van der Waals surface area contributed by atoms with Gasteiger partial charge in [0.05, 0.1) is 11.3 Å².